The van der Waals surface area contributed by atoms with E-state index in [2.05, 4.69) is 21.2 Å². The number of benzene rings is 2. The number of nitro groups is 1. The van der Waals surface area contributed by atoms with Crippen molar-refractivity contribution < 1.29 is 24.4 Å². The monoisotopic (exact) mass is 436 g/mol. The van der Waals surface area contributed by atoms with Crippen molar-refractivity contribution in [3.63, 3.8) is 0 Å². The van der Waals surface area contributed by atoms with Crippen LogP contribution in [-0.2, 0) is 4.74 Å². The highest BCUT2D eigenvalue weighted by atomic mass is 79.9. The molecule has 0 heterocycles. The smallest absolute Gasteiger partial charge is 0.341 e. The summed E-state index contributed by atoms with van der Waals surface area (Å²) < 4.78 is 6.02. The molecule has 27 heavy (non-hydrogen) atoms. The third kappa shape index (κ3) is 5.35. The minimum atomic E-state index is -1.08. The van der Waals surface area contributed by atoms with Crippen LogP contribution in [0, 0.1) is 10.1 Å². The van der Waals surface area contributed by atoms with Crippen LogP contribution < -0.4 is 5.32 Å². The van der Waals surface area contributed by atoms with Crippen molar-refractivity contribution >= 4 is 39.1 Å². The zero-order chi connectivity index (χ0) is 20.0. The van der Waals surface area contributed by atoms with E-state index in [4.69, 9.17) is 9.84 Å². The van der Waals surface area contributed by atoms with E-state index in [1.165, 1.54) is 19.1 Å². The number of carbonyl (C=O) groups is 2. The molecule has 0 bridgehead atoms. The standard InChI is InChI=1S/C18H17BrN2O6/c1-11(17(23)12-2-4-13(19)5-3-12)27-18(24)15-10-14(21(25)26)6-7-16(15)20-8-9-22/h2-7,10-11,20,22H,8-9H2,1H3. The Kier molecular flexibility index (Phi) is 7.03. The highest BCUT2D eigenvalue weighted by Crippen LogP contribution is 2.24. The number of nitrogens with one attached hydrogen (secondary N) is 1. The number of nitro benzene ring substituents is 1. The van der Waals surface area contributed by atoms with Crippen LogP contribution in [-0.4, -0.2) is 41.0 Å². The van der Waals surface area contributed by atoms with Crippen molar-refractivity contribution in [1.29, 1.82) is 0 Å². The fourth-order valence-corrected chi connectivity index (χ4v) is 2.55. The number of ketones is 1. The van der Waals surface area contributed by atoms with Crippen LogP contribution in [0.4, 0.5) is 11.4 Å². The molecule has 2 rings (SSSR count). The van der Waals surface area contributed by atoms with Crippen LogP contribution in [0.2, 0.25) is 0 Å². The molecule has 0 aromatic heterocycles. The van der Waals surface area contributed by atoms with Gasteiger partial charge in [0.05, 0.1) is 17.1 Å². The van der Waals surface area contributed by atoms with Gasteiger partial charge in [-0.3, -0.25) is 14.9 Å². The molecule has 0 fully saturated rings. The molecule has 0 amide bonds. The number of halogens is 1. The first kappa shape index (κ1) is 20.5. The molecule has 0 aliphatic carbocycles. The highest BCUT2D eigenvalue weighted by molar-refractivity contribution is 9.10. The van der Waals surface area contributed by atoms with Gasteiger partial charge in [-0.25, -0.2) is 4.79 Å². The summed E-state index contributed by atoms with van der Waals surface area (Å²) in [7, 11) is 0. The van der Waals surface area contributed by atoms with E-state index in [0.717, 1.165) is 10.5 Å². The predicted octanol–water partition coefficient (Wildman–Crippen LogP) is 3.19. The third-order valence-electron chi connectivity index (χ3n) is 3.64. The number of carbonyl (C=O) groups excluding carboxylic acids is 2. The quantitative estimate of drug-likeness (QED) is 0.282. The van der Waals surface area contributed by atoms with Gasteiger partial charge in [-0.05, 0) is 25.1 Å². The molecule has 1 unspecified atom stereocenters. The lowest BCUT2D eigenvalue weighted by molar-refractivity contribution is -0.384. The summed E-state index contributed by atoms with van der Waals surface area (Å²) in [5.74, 6) is -1.27. The average Bonchev–Trinajstić information content (AvgIpc) is 2.66. The number of non-ortho nitro benzene ring substituents is 1. The Labute approximate surface area is 163 Å². The van der Waals surface area contributed by atoms with E-state index < -0.39 is 22.8 Å². The van der Waals surface area contributed by atoms with Gasteiger partial charge >= 0.3 is 5.97 Å². The van der Waals surface area contributed by atoms with Crippen LogP contribution >= 0.6 is 15.9 Å². The van der Waals surface area contributed by atoms with E-state index >= 15 is 0 Å². The number of ether oxygens (including phenoxy) is 1. The van der Waals surface area contributed by atoms with Gasteiger partial charge in [0.1, 0.15) is 0 Å². The Bertz CT molecular complexity index is 853. The number of hydrogen-bond acceptors (Lipinski definition) is 7. The molecule has 2 aromatic carbocycles. The number of nitrogens with zero attached hydrogens (tertiary/aromatic N) is 1. The molecule has 0 saturated carbocycles. The first-order chi connectivity index (χ1) is 12.8. The number of esters is 1. The predicted molar refractivity (Wildman–Crippen MR) is 102 cm³/mol. The molecule has 9 heteroatoms. The second kappa shape index (κ2) is 9.24. The number of Topliss-reactive ketones (excluding diaryl/α,β-unsaturated/α-hetero) is 1. The van der Waals surface area contributed by atoms with Gasteiger partial charge in [0, 0.05) is 34.4 Å². The highest BCUT2D eigenvalue weighted by Gasteiger charge is 2.24. The third-order valence-corrected chi connectivity index (χ3v) is 4.17. The average molecular weight is 437 g/mol. The van der Waals surface area contributed by atoms with Gasteiger partial charge in [0.2, 0.25) is 5.78 Å². The van der Waals surface area contributed by atoms with E-state index in [1.54, 1.807) is 24.3 Å². The SMILES string of the molecule is CC(OC(=O)c1cc([N+](=O)[O-])ccc1NCCO)C(=O)c1ccc(Br)cc1. The Balaban J connectivity index is 2.22. The molecule has 142 valence electrons. The van der Waals surface area contributed by atoms with Gasteiger partial charge in [-0.2, -0.15) is 0 Å². The first-order valence-electron chi connectivity index (χ1n) is 7.97. The summed E-state index contributed by atoms with van der Waals surface area (Å²) >= 11 is 3.27. The minimum absolute atomic E-state index is 0.0897. The van der Waals surface area contributed by atoms with Crippen molar-refractivity contribution in [3.8, 4) is 0 Å². The lowest BCUT2D eigenvalue weighted by Crippen LogP contribution is -2.25. The summed E-state index contributed by atoms with van der Waals surface area (Å²) in [6.45, 7) is 1.38. The Morgan fingerprint density at radius 1 is 1.26 bits per heavy atom. The molecule has 8 nitrogen and oxygen atoms in total. The topological polar surface area (TPSA) is 119 Å². The van der Waals surface area contributed by atoms with Gasteiger partial charge in [0.15, 0.2) is 6.10 Å². The van der Waals surface area contributed by atoms with Crippen molar-refractivity contribution in [3.05, 3.63) is 68.2 Å². The van der Waals surface area contributed by atoms with E-state index in [1.807, 2.05) is 0 Å². The van der Waals surface area contributed by atoms with Gasteiger partial charge < -0.3 is 15.2 Å². The van der Waals surface area contributed by atoms with Crippen LogP contribution in [0.15, 0.2) is 46.9 Å². The summed E-state index contributed by atoms with van der Waals surface area (Å²) in [6, 6.07) is 10.2. The fraction of sp³-hybridized carbons (Fsp3) is 0.222. The van der Waals surface area contributed by atoms with Crippen molar-refractivity contribution in [2.45, 2.75) is 13.0 Å². The maximum atomic E-state index is 12.5. The molecule has 0 aliphatic rings. The second-order valence-electron chi connectivity index (χ2n) is 5.56. The van der Waals surface area contributed by atoms with Crippen molar-refractivity contribution in [2.75, 3.05) is 18.5 Å². The number of hydrogen-bond donors (Lipinski definition) is 2. The summed E-state index contributed by atoms with van der Waals surface area (Å²) in [5.41, 5.74) is 0.260. The zero-order valence-corrected chi connectivity index (χ0v) is 15.9. The minimum Gasteiger partial charge on any atom is -0.451 e. The molecule has 0 aliphatic heterocycles. The number of anilines is 1. The lowest BCUT2D eigenvalue weighted by atomic mass is 10.1. The number of aliphatic hydroxyl groups is 1. The number of rotatable bonds is 8. The van der Waals surface area contributed by atoms with E-state index in [9.17, 15) is 19.7 Å². The van der Waals surface area contributed by atoms with Crippen molar-refractivity contribution in [2.24, 2.45) is 0 Å². The molecule has 1 atom stereocenters. The lowest BCUT2D eigenvalue weighted by Gasteiger charge is -2.15. The second-order valence-corrected chi connectivity index (χ2v) is 6.47. The Morgan fingerprint density at radius 3 is 2.52 bits per heavy atom. The van der Waals surface area contributed by atoms with E-state index in [-0.39, 0.29) is 30.1 Å². The Hall–Kier alpha value is -2.78. The van der Waals surface area contributed by atoms with Crippen molar-refractivity contribution in [1.82, 2.24) is 0 Å². The summed E-state index contributed by atoms with van der Waals surface area (Å²) in [6.07, 6.45) is -1.08. The molecule has 2 aromatic rings. The van der Waals surface area contributed by atoms with Gasteiger partial charge in [-0.15, -0.1) is 0 Å². The summed E-state index contributed by atoms with van der Waals surface area (Å²) in [5, 5.41) is 22.7. The molecular weight excluding hydrogens is 420 g/mol. The number of aliphatic hydroxyl groups excluding tert-OH is 1. The maximum absolute atomic E-state index is 12.5. The molecule has 0 saturated heterocycles. The fourth-order valence-electron chi connectivity index (χ4n) is 2.29. The molecule has 2 N–H and O–H groups in total. The van der Waals surface area contributed by atoms with Gasteiger partial charge in [0.25, 0.3) is 5.69 Å². The molecular formula is C18H17BrN2O6. The largest absolute Gasteiger partial charge is 0.451 e. The van der Waals surface area contributed by atoms with Crippen LogP contribution in [0.3, 0.4) is 0 Å². The maximum Gasteiger partial charge on any atom is 0.341 e. The van der Waals surface area contributed by atoms with Gasteiger partial charge in [-0.1, -0.05) is 28.1 Å². The summed E-state index contributed by atoms with van der Waals surface area (Å²) in [4.78, 5) is 35.2. The van der Waals surface area contributed by atoms with Crippen LogP contribution in [0.25, 0.3) is 0 Å². The first-order valence-corrected chi connectivity index (χ1v) is 8.76. The normalized spacial score (nSPS) is 11.5. The van der Waals surface area contributed by atoms with E-state index in [0.29, 0.717) is 5.56 Å². The molecule has 0 radical (unpaired) electrons. The van der Waals surface area contributed by atoms with Crippen LogP contribution in [0.5, 0.6) is 0 Å². The zero-order valence-electron chi connectivity index (χ0n) is 14.3. The molecule has 0 spiro atoms. The Morgan fingerprint density at radius 2 is 1.93 bits per heavy atom. The van der Waals surface area contributed by atoms with Crippen LogP contribution in [0.1, 0.15) is 27.6 Å².